The van der Waals surface area contributed by atoms with Gasteiger partial charge >= 0.3 is 5.97 Å². The molecule has 0 bridgehead atoms. The van der Waals surface area contributed by atoms with E-state index in [0.717, 1.165) is 16.5 Å². The number of aromatic nitrogens is 2. The molecule has 200 valence electrons. The maximum atomic E-state index is 14.6. The van der Waals surface area contributed by atoms with Crippen molar-refractivity contribution in [2.75, 3.05) is 13.2 Å². The maximum Gasteiger partial charge on any atom is 0.343 e. The highest BCUT2D eigenvalue weighted by molar-refractivity contribution is 5.89. The highest BCUT2D eigenvalue weighted by Gasteiger charge is 2.45. The van der Waals surface area contributed by atoms with Crippen LogP contribution >= 0.6 is 0 Å². The van der Waals surface area contributed by atoms with Gasteiger partial charge in [-0.2, -0.15) is 0 Å². The van der Waals surface area contributed by atoms with Gasteiger partial charge in [0.05, 0.1) is 29.0 Å². The number of aliphatic hydroxyl groups excluding tert-OH is 1. The summed E-state index contributed by atoms with van der Waals surface area (Å²) >= 11 is 0. The molecule has 38 heavy (non-hydrogen) atoms. The van der Waals surface area contributed by atoms with Crippen molar-refractivity contribution >= 4 is 22.8 Å². The summed E-state index contributed by atoms with van der Waals surface area (Å²) < 4.78 is 21.3. The number of benzene rings is 1. The average Bonchev–Trinajstić information content (AvgIpc) is 3.25. The van der Waals surface area contributed by atoms with Crippen LogP contribution in [-0.4, -0.2) is 55.7 Å². The second kappa shape index (κ2) is 9.28. The lowest BCUT2D eigenvalue weighted by atomic mass is 9.86. The van der Waals surface area contributed by atoms with Gasteiger partial charge in [0, 0.05) is 35.2 Å². The van der Waals surface area contributed by atoms with Crippen LogP contribution in [0, 0.1) is 12.7 Å². The Hall–Kier alpha value is -3.63. The second-order valence-electron chi connectivity index (χ2n) is 10.2. The number of esters is 1. The molecule has 1 atom stereocenters. The van der Waals surface area contributed by atoms with Crippen molar-refractivity contribution in [2.45, 2.75) is 65.3 Å². The number of carbonyl (C=O) groups is 2. The van der Waals surface area contributed by atoms with E-state index < -0.39 is 29.9 Å². The lowest BCUT2D eigenvalue weighted by molar-refractivity contribution is -0.172. The Balaban J connectivity index is 1.72. The summed E-state index contributed by atoms with van der Waals surface area (Å²) in [4.78, 5) is 44.7. The minimum Gasteiger partial charge on any atom is -0.458 e. The van der Waals surface area contributed by atoms with Crippen molar-refractivity contribution in [1.29, 1.82) is 0 Å². The monoisotopic (exact) mass is 523 g/mol. The van der Waals surface area contributed by atoms with Crippen LogP contribution in [0.3, 0.4) is 0 Å². The molecule has 1 unspecified atom stereocenters. The molecule has 10 heteroatoms. The zero-order valence-corrected chi connectivity index (χ0v) is 21.8. The van der Waals surface area contributed by atoms with Crippen LogP contribution in [0.15, 0.2) is 23.0 Å². The quantitative estimate of drug-likeness (QED) is 0.372. The molecule has 2 aliphatic heterocycles. The molecular weight excluding hydrogens is 493 g/mol. The molecule has 0 radical (unpaired) electrons. The van der Waals surface area contributed by atoms with E-state index in [1.54, 1.807) is 30.9 Å². The third-order valence-electron chi connectivity index (χ3n) is 7.77. The Kier molecular flexibility index (Phi) is 6.35. The molecule has 0 saturated carbocycles. The minimum atomic E-state index is -1.95. The molecule has 2 aliphatic rings. The van der Waals surface area contributed by atoms with Gasteiger partial charge in [0.25, 0.3) is 5.56 Å². The van der Waals surface area contributed by atoms with Gasteiger partial charge in [-0.15, -0.1) is 0 Å². The van der Waals surface area contributed by atoms with E-state index in [2.05, 4.69) is 0 Å². The molecule has 5 rings (SSSR count). The number of fused-ring (bicyclic) bond motifs is 5. The van der Waals surface area contributed by atoms with Gasteiger partial charge in [0.1, 0.15) is 19.0 Å². The summed E-state index contributed by atoms with van der Waals surface area (Å²) in [6.45, 7) is 6.69. The van der Waals surface area contributed by atoms with E-state index in [9.17, 15) is 29.0 Å². The number of halogens is 1. The number of hydrogen-bond donors (Lipinski definition) is 2. The lowest BCUT2D eigenvalue weighted by Crippen LogP contribution is -2.44. The predicted molar refractivity (Wildman–Crippen MR) is 137 cm³/mol. The molecule has 1 aromatic carbocycles. The van der Waals surface area contributed by atoms with Crippen molar-refractivity contribution in [2.24, 2.45) is 0 Å². The number of aliphatic hydroxyl groups is 2. The standard InChI is InChI=1S/C28H30FN3O6/c1-5-28(37)20-9-23-25-18(11-32(23)26(35)19(20)13-38-27(28)36)16(6-7-31(14(2)3)24(34)12-33)17-8-15(4)21(29)10-22(17)30-25/h8-10,14,33,37H,5-7,11-13H2,1-4H3. The van der Waals surface area contributed by atoms with Gasteiger partial charge in [-0.25, -0.2) is 14.2 Å². The molecule has 0 fully saturated rings. The number of rotatable bonds is 6. The van der Waals surface area contributed by atoms with Crippen molar-refractivity contribution in [1.82, 2.24) is 14.5 Å². The summed E-state index contributed by atoms with van der Waals surface area (Å²) in [6, 6.07) is 4.55. The van der Waals surface area contributed by atoms with Crippen LogP contribution in [0.25, 0.3) is 22.3 Å². The number of carbonyl (C=O) groups excluding carboxylic acids is 2. The molecule has 9 nitrogen and oxygen atoms in total. The zero-order valence-electron chi connectivity index (χ0n) is 21.8. The van der Waals surface area contributed by atoms with Crippen molar-refractivity contribution in [3.05, 3.63) is 62.2 Å². The molecular formula is C28H30FN3O6. The van der Waals surface area contributed by atoms with Crippen LogP contribution < -0.4 is 5.56 Å². The Bertz CT molecular complexity index is 1560. The van der Waals surface area contributed by atoms with Crippen LogP contribution in [-0.2, 0) is 39.5 Å². The van der Waals surface area contributed by atoms with Crippen molar-refractivity contribution < 1.29 is 28.9 Å². The summed E-state index contributed by atoms with van der Waals surface area (Å²) in [5, 5.41) is 21.3. The first kappa shape index (κ1) is 26.0. The summed E-state index contributed by atoms with van der Waals surface area (Å²) in [5.41, 5.74) is 1.42. The van der Waals surface area contributed by atoms with E-state index in [4.69, 9.17) is 9.72 Å². The second-order valence-corrected chi connectivity index (χ2v) is 10.2. The van der Waals surface area contributed by atoms with E-state index in [1.807, 2.05) is 13.8 Å². The van der Waals surface area contributed by atoms with E-state index in [0.29, 0.717) is 35.4 Å². The van der Waals surface area contributed by atoms with E-state index in [-0.39, 0.29) is 42.3 Å². The van der Waals surface area contributed by atoms with Gasteiger partial charge in [0.15, 0.2) is 5.60 Å². The van der Waals surface area contributed by atoms with Gasteiger partial charge in [-0.3, -0.25) is 9.59 Å². The number of aryl methyl sites for hydroxylation is 1. The number of nitrogens with zero attached hydrogens (tertiary/aromatic N) is 3. The fraction of sp³-hybridized carbons (Fsp3) is 0.429. The Labute approximate surface area is 218 Å². The van der Waals surface area contributed by atoms with Crippen LogP contribution in [0.2, 0.25) is 0 Å². The molecule has 2 aromatic heterocycles. The lowest BCUT2D eigenvalue weighted by Gasteiger charge is -2.31. The smallest absolute Gasteiger partial charge is 0.343 e. The Morgan fingerprint density at radius 3 is 2.66 bits per heavy atom. The molecule has 1 amide bonds. The highest BCUT2D eigenvalue weighted by Crippen LogP contribution is 2.40. The molecule has 0 aliphatic carbocycles. The van der Waals surface area contributed by atoms with Gasteiger partial charge in [0.2, 0.25) is 5.91 Å². The first-order valence-electron chi connectivity index (χ1n) is 12.7. The van der Waals surface area contributed by atoms with Gasteiger partial charge < -0.3 is 24.4 Å². The third-order valence-corrected chi connectivity index (χ3v) is 7.77. The van der Waals surface area contributed by atoms with Crippen molar-refractivity contribution in [3.63, 3.8) is 0 Å². The number of ether oxygens (including phenoxy) is 1. The molecule has 3 aromatic rings. The summed E-state index contributed by atoms with van der Waals surface area (Å²) in [5.74, 6) is -1.62. The topological polar surface area (TPSA) is 122 Å². The maximum absolute atomic E-state index is 14.6. The summed E-state index contributed by atoms with van der Waals surface area (Å²) in [7, 11) is 0. The number of amides is 1. The Morgan fingerprint density at radius 2 is 2.00 bits per heavy atom. The molecule has 0 spiro atoms. The Morgan fingerprint density at radius 1 is 1.26 bits per heavy atom. The fourth-order valence-corrected chi connectivity index (χ4v) is 5.57. The van der Waals surface area contributed by atoms with Crippen molar-refractivity contribution in [3.8, 4) is 11.4 Å². The summed E-state index contributed by atoms with van der Waals surface area (Å²) in [6.07, 6.45) is 0.415. The fourth-order valence-electron chi connectivity index (χ4n) is 5.57. The zero-order chi connectivity index (χ0) is 27.5. The highest BCUT2D eigenvalue weighted by atomic mass is 19.1. The minimum absolute atomic E-state index is 0.0272. The SMILES string of the molecule is CCC1(O)C(=O)OCc2c1cc1n(c2=O)Cc2c-1nc1cc(F)c(C)cc1c2CCN(C(=O)CO)C(C)C. The van der Waals surface area contributed by atoms with Gasteiger partial charge in [-0.1, -0.05) is 6.92 Å². The average molecular weight is 524 g/mol. The first-order chi connectivity index (χ1) is 18.0. The third kappa shape index (κ3) is 3.82. The van der Waals surface area contributed by atoms with E-state index in [1.165, 1.54) is 10.6 Å². The molecule has 0 saturated heterocycles. The molecule has 4 heterocycles. The number of pyridine rings is 2. The molecule has 2 N–H and O–H groups in total. The van der Waals surface area contributed by atoms with Crippen LogP contribution in [0.1, 0.15) is 55.0 Å². The largest absolute Gasteiger partial charge is 0.458 e. The van der Waals surface area contributed by atoms with Crippen LogP contribution in [0.5, 0.6) is 0 Å². The predicted octanol–water partition coefficient (Wildman–Crippen LogP) is 2.30. The number of cyclic esters (lactones) is 1. The first-order valence-corrected chi connectivity index (χ1v) is 12.7. The van der Waals surface area contributed by atoms with Gasteiger partial charge in [-0.05, 0) is 56.9 Å². The van der Waals surface area contributed by atoms with Crippen LogP contribution in [0.4, 0.5) is 4.39 Å². The number of hydrogen-bond acceptors (Lipinski definition) is 7. The van der Waals surface area contributed by atoms with E-state index >= 15 is 0 Å². The normalized spacial score (nSPS) is 17.8.